The van der Waals surface area contributed by atoms with E-state index < -0.39 is 0 Å². The lowest BCUT2D eigenvalue weighted by molar-refractivity contribution is 0.162. The third kappa shape index (κ3) is 4.11. The van der Waals surface area contributed by atoms with Gasteiger partial charge in [-0.25, -0.2) is 0 Å². The molecule has 1 N–H and O–H groups in total. The quantitative estimate of drug-likeness (QED) is 0.799. The van der Waals surface area contributed by atoms with Crippen LogP contribution in [0.2, 0.25) is 5.02 Å². The van der Waals surface area contributed by atoms with E-state index in [1.54, 1.807) is 7.11 Å². The standard InChI is InChI=1S/C16H24ClNO2/c1-3-7-18-15(11-19-2)5-4-12-9-14(17)10-13-6-8-20-16(12)13/h9-10,15,18H,3-8,11H2,1-2H3. The molecule has 20 heavy (non-hydrogen) atoms. The van der Waals surface area contributed by atoms with Gasteiger partial charge in [-0.3, -0.25) is 0 Å². The average molecular weight is 298 g/mol. The molecule has 4 heteroatoms. The third-order valence-electron chi connectivity index (χ3n) is 3.64. The number of benzene rings is 1. The summed E-state index contributed by atoms with van der Waals surface area (Å²) in [7, 11) is 1.75. The minimum atomic E-state index is 0.385. The van der Waals surface area contributed by atoms with Crippen molar-refractivity contribution in [2.24, 2.45) is 0 Å². The molecular weight excluding hydrogens is 274 g/mol. The van der Waals surface area contributed by atoms with Crippen molar-refractivity contribution in [3.63, 3.8) is 0 Å². The molecule has 3 nitrogen and oxygen atoms in total. The zero-order valence-electron chi connectivity index (χ0n) is 12.4. The van der Waals surface area contributed by atoms with Gasteiger partial charge >= 0.3 is 0 Å². The molecule has 112 valence electrons. The first-order valence-corrected chi connectivity index (χ1v) is 7.78. The highest BCUT2D eigenvalue weighted by atomic mass is 35.5. The van der Waals surface area contributed by atoms with Crippen molar-refractivity contribution in [3.05, 3.63) is 28.3 Å². The van der Waals surface area contributed by atoms with Gasteiger partial charge in [0.25, 0.3) is 0 Å². The Morgan fingerprint density at radius 1 is 1.45 bits per heavy atom. The first kappa shape index (κ1) is 15.6. The molecule has 0 aromatic heterocycles. The number of nitrogens with one attached hydrogen (secondary N) is 1. The summed E-state index contributed by atoms with van der Waals surface area (Å²) in [6.45, 7) is 4.72. The van der Waals surface area contributed by atoms with E-state index in [0.717, 1.165) is 56.2 Å². The van der Waals surface area contributed by atoms with Gasteiger partial charge in [-0.2, -0.15) is 0 Å². The minimum absolute atomic E-state index is 0.385. The summed E-state index contributed by atoms with van der Waals surface area (Å²) in [5, 5.41) is 4.34. The number of halogens is 1. The Balaban J connectivity index is 1.98. The summed E-state index contributed by atoms with van der Waals surface area (Å²) in [6.07, 6.45) is 4.10. The number of ether oxygens (including phenoxy) is 2. The molecule has 0 saturated carbocycles. The van der Waals surface area contributed by atoms with Crippen molar-refractivity contribution in [2.45, 2.75) is 38.6 Å². The molecular formula is C16H24ClNO2. The highest BCUT2D eigenvalue weighted by Gasteiger charge is 2.18. The molecule has 0 radical (unpaired) electrons. The molecule has 2 rings (SSSR count). The summed E-state index contributed by atoms with van der Waals surface area (Å²) >= 11 is 6.19. The summed E-state index contributed by atoms with van der Waals surface area (Å²) in [5.74, 6) is 1.06. The maximum Gasteiger partial charge on any atom is 0.125 e. The monoisotopic (exact) mass is 297 g/mol. The van der Waals surface area contributed by atoms with E-state index in [2.05, 4.69) is 12.2 Å². The lowest BCUT2D eigenvalue weighted by Gasteiger charge is -2.18. The number of aryl methyl sites for hydroxylation is 1. The highest BCUT2D eigenvalue weighted by molar-refractivity contribution is 6.30. The fourth-order valence-corrected chi connectivity index (χ4v) is 2.92. The van der Waals surface area contributed by atoms with Crippen LogP contribution in [0.1, 0.15) is 30.9 Å². The topological polar surface area (TPSA) is 30.5 Å². The van der Waals surface area contributed by atoms with Gasteiger partial charge in [0.15, 0.2) is 0 Å². The van der Waals surface area contributed by atoms with Gasteiger partial charge < -0.3 is 14.8 Å². The van der Waals surface area contributed by atoms with Crippen LogP contribution < -0.4 is 10.1 Å². The van der Waals surface area contributed by atoms with E-state index in [0.29, 0.717) is 6.04 Å². The normalized spacial score (nSPS) is 14.9. The Kier molecular flexibility index (Phi) is 6.14. The molecule has 1 atom stereocenters. The van der Waals surface area contributed by atoms with Crippen LogP contribution in [0.4, 0.5) is 0 Å². The van der Waals surface area contributed by atoms with Crippen LogP contribution in [-0.2, 0) is 17.6 Å². The second-order valence-corrected chi connectivity index (χ2v) is 5.73. The average Bonchev–Trinajstić information content (AvgIpc) is 2.89. The predicted molar refractivity (Wildman–Crippen MR) is 82.9 cm³/mol. The second-order valence-electron chi connectivity index (χ2n) is 5.30. The largest absolute Gasteiger partial charge is 0.493 e. The number of rotatable bonds is 8. The number of hydrogen-bond acceptors (Lipinski definition) is 3. The minimum Gasteiger partial charge on any atom is -0.493 e. The summed E-state index contributed by atoms with van der Waals surface area (Å²) < 4.78 is 11.0. The van der Waals surface area contributed by atoms with Gasteiger partial charge in [0.2, 0.25) is 0 Å². The Hall–Kier alpha value is -0.770. The van der Waals surface area contributed by atoms with Crippen LogP contribution in [0.5, 0.6) is 5.75 Å². The zero-order chi connectivity index (χ0) is 14.4. The van der Waals surface area contributed by atoms with Gasteiger partial charge in [-0.15, -0.1) is 0 Å². The number of hydrogen-bond donors (Lipinski definition) is 1. The maximum absolute atomic E-state index is 6.19. The lowest BCUT2D eigenvalue weighted by atomic mass is 10.0. The van der Waals surface area contributed by atoms with Crippen LogP contribution in [0.25, 0.3) is 0 Å². The van der Waals surface area contributed by atoms with Gasteiger partial charge in [-0.05, 0) is 49.1 Å². The SMILES string of the molecule is CCCNC(CCc1cc(Cl)cc2c1OCC2)COC. The predicted octanol–water partition coefficient (Wildman–Crippen LogP) is 3.22. The fourth-order valence-electron chi connectivity index (χ4n) is 2.66. The van der Waals surface area contributed by atoms with E-state index in [1.807, 2.05) is 12.1 Å². The molecule has 1 heterocycles. The molecule has 0 saturated heterocycles. The molecule has 1 aromatic carbocycles. The Bertz CT molecular complexity index is 437. The van der Waals surface area contributed by atoms with E-state index in [1.165, 1.54) is 11.1 Å². The van der Waals surface area contributed by atoms with Gasteiger partial charge in [0, 0.05) is 24.6 Å². The third-order valence-corrected chi connectivity index (χ3v) is 3.86. The number of methoxy groups -OCH3 is 1. The van der Waals surface area contributed by atoms with Gasteiger partial charge in [-0.1, -0.05) is 18.5 Å². The van der Waals surface area contributed by atoms with Gasteiger partial charge in [0.05, 0.1) is 13.2 Å². The molecule has 1 aromatic rings. The molecule has 0 fully saturated rings. The molecule has 0 spiro atoms. The highest BCUT2D eigenvalue weighted by Crippen LogP contribution is 2.33. The van der Waals surface area contributed by atoms with Crippen molar-refractivity contribution in [1.29, 1.82) is 0 Å². The van der Waals surface area contributed by atoms with E-state index in [9.17, 15) is 0 Å². The second kappa shape index (κ2) is 7.87. The lowest BCUT2D eigenvalue weighted by Crippen LogP contribution is -2.34. The Morgan fingerprint density at radius 3 is 3.05 bits per heavy atom. The molecule has 0 aliphatic carbocycles. The Morgan fingerprint density at radius 2 is 2.30 bits per heavy atom. The molecule has 1 aliphatic heterocycles. The van der Waals surface area contributed by atoms with Crippen LogP contribution in [0.3, 0.4) is 0 Å². The first-order chi connectivity index (χ1) is 9.74. The van der Waals surface area contributed by atoms with Crippen LogP contribution in [-0.4, -0.2) is 32.9 Å². The Labute approximate surface area is 126 Å². The van der Waals surface area contributed by atoms with Crippen molar-refractivity contribution in [2.75, 3.05) is 26.9 Å². The molecule has 0 bridgehead atoms. The summed E-state index contributed by atoms with van der Waals surface area (Å²) in [4.78, 5) is 0. The van der Waals surface area contributed by atoms with E-state index in [-0.39, 0.29) is 0 Å². The molecule has 1 aliphatic rings. The van der Waals surface area contributed by atoms with Crippen LogP contribution >= 0.6 is 11.6 Å². The van der Waals surface area contributed by atoms with E-state index in [4.69, 9.17) is 21.1 Å². The molecule has 0 amide bonds. The maximum atomic E-state index is 6.19. The smallest absolute Gasteiger partial charge is 0.125 e. The van der Waals surface area contributed by atoms with Crippen molar-refractivity contribution >= 4 is 11.6 Å². The zero-order valence-corrected chi connectivity index (χ0v) is 13.1. The van der Waals surface area contributed by atoms with Crippen LogP contribution in [0.15, 0.2) is 12.1 Å². The fraction of sp³-hybridized carbons (Fsp3) is 0.625. The summed E-state index contributed by atoms with van der Waals surface area (Å²) in [5.41, 5.74) is 2.47. The van der Waals surface area contributed by atoms with Crippen molar-refractivity contribution < 1.29 is 9.47 Å². The van der Waals surface area contributed by atoms with Crippen LogP contribution in [0, 0.1) is 0 Å². The molecule has 1 unspecified atom stereocenters. The first-order valence-electron chi connectivity index (χ1n) is 7.41. The van der Waals surface area contributed by atoms with Gasteiger partial charge in [0.1, 0.15) is 5.75 Å². The number of fused-ring (bicyclic) bond motifs is 1. The summed E-state index contributed by atoms with van der Waals surface area (Å²) in [6, 6.07) is 4.45. The van der Waals surface area contributed by atoms with E-state index >= 15 is 0 Å². The van der Waals surface area contributed by atoms with Crippen molar-refractivity contribution in [3.8, 4) is 5.75 Å². The van der Waals surface area contributed by atoms with Crippen molar-refractivity contribution in [1.82, 2.24) is 5.32 Å².